The maximum absolute atomic E-state index is 12.6. The summed E-state index contributed by atoms with van der Waals surface area (Å²) in [6.07, 6.45) is -0.412. The second-order valence-corrected chi connectivity index (χ2v) is 7.70. The monoisotopic (exact) mass is 387 g/mol. The largest absolute Gasteiger partial charge is 0.481 e. The van der Waals surface area contributed by atoms with Gasteiger partial charge in [-0.15, -0.1) is 0 Å². The number of aryl methyl sites for hydroxylation is 1. The van der Waals surface area contributed by atoms with Crippen molar-refractivity contribution in [2.75, 3.05) is 0 Å². The van der Waals surface area contributed by atoms with Gasteiger partial charge in [-0.3, -0.25) is 4.79 Å². The summed E-state index contributed by atoms with van der Waals surface area (Å²) < 4.78 is 27.6. The van der Waals surface area contributed by atoms with E-state index in [0.717, 1.165) is 5.56 Å². The first-order valence-corrected chi connectivity index (χ1v) is 9.19. The van der Waals surface area contributed by atoms with Crippen LogP contribution >= 0.6 is 23.2 Å². The van der Waals surface area contributed by atoms with E-state index in [-0.39, 0.29) is 14.9 Å². The standard InChI is InChI=1S/C16H15Cl2NO4S/c1-10-5-7-11(8-6-10)14(9-15(20)21)19-24(22,23)16-12(17)3-2-4-13(16)18/h2-8,14,19H,9H2,1H3,(H,20,21)/t14-/m1/s1. The Hall–Kier alpha value is -1.60. The summed E-state index contributed by atoms with van der Waals surface area (Å²) in [7, 11) is -4.10. The van der Waals surface area contributed by atoms with Gasteiger partial charge in [0.1, 0.15) is 4.90 Å². The van der Waals surface area contributed by atoms with Crippen LogP contribution in [0, 0.1) is 6.92 Å². The Kier molecular flexibility index (Phi) is 5.87. The molecule has 5 nitrogen and oxygen atoms in total. The molecule has 0 heterocycles. The molecule has 0 saturated heterocycles. The van der Waals surface area contributed by atoms with E-state index in [0.29, 0.717) is 5.56 Å². The third kappa shape index (κ3) is 4.48. The molecule has 0 fully saturated rings. The molecular formula is C16H15Cl2NO4S. The highest BCUT2D eigenvalue weighted by Crippen LogP contribution is 2.30. The van der Waals surface area contributed by atoms with E-state index in [4.69, 9.17) is 28.3 Å². The molecule has 0 aliphatic carbocycles. The molecule has 0 radical (unpaired) electrons. The van der Waals surface area contributed by atoms with Crippen molar-refractivity contribution in [1.29, 1.82) is 0 Å². The molecule has 2 aromatic rings. The number of nitrogens with one attached hydrogen (secondary N) is 1. The summed E-state index contributed by atoms with van der Waals surface area (Å²) in [6.45, 7) is 1.88. The molecule has 8 heteroatoms. The van der Waals surface area contributed by atoms with Crippen molar-refractivity contribution in [1.82, 2.24) is 4.72 Å². The highest BCUT2D eigenvalue weighted by Gasteiger charge is 2.27. The number of aliphatic carboxylic acids is 1. The van der Waals surface area contributed by atoms with Crippen LogP contribution in [0.2, 0.25) is 10.0 Å². The summed E-state index contributed by atoms with van der Waals surface area (Å²) in [4.78, 5) is 10.9. The lowest BCUT2D eigenvalue weighted by Gasteiger charge is -2.19. The predicted octanol–water partition coefficient (Wildman–Crippen LogP) is 3.80. The normalized spacial score (nSPS) is 12.8. The molecule has 2 aromatic carbocycles. The first-order valence-electron chi connectivity index (χ1n) is 6.95. The Morgan fingerprint density at radius 1 is 1.12 bits per heavy atom. The minimum atomic E-state index is -4.10. The molecule has 0 bridgehead atoms. The van der Waals surface area contributed by atoms with Crippen LogP contribution in [0.15, 0.2) is 47.4 Å². The maximum atomic E-state index is 12.6. The van der Waals surface area contributed by atoms with Gasteiger partial charge < -0.3 is 5.11 Å². The van der Waals surface area contributed by atoms with Gasteiger partial charge in [-0.05, 0) is 24.6 Å². The molecule has 0 saturated carbocycles. The minimum Gasteiger partial charge on any atom is -0.481 e. The second kappa shape index (κ2) is 7.53. The summed E-state index contributed by atoms with van der Waals surface area (Å²) in [6, 6.07) is 10.3. The van der Waals surface area contributed by atoms with Gasteiger partial charge >= 0.3 is 5.97 Å². The van der Waals surface area contributed by atoms with Crippen molar-refractivity contribution >= 4 is 39.2 Å². The summed E-state index contributed by atoms with van der Waals surface area (Å²) >= 11 is 11.9. The summed E-state index contributed by atoms with van der Waals surface area (Å²) in [5.41, 5.74) is 1.51. The Bertz CT molecular complexity index is 831. The van der Waals surface area contributed by atoms with Crippen LogP contribution in [0.25, 0.3) is 0 Å². The molecule has 1 atom stereocenters. The van der Waals surface area contributed by atoms with E-state index < -0.39 is 28.5 Å². The van der Waals surface area contributed by atoms with Crippen molar-refractivity contribution in [3.63, 3.8) is 0 Å². The molecule has 0 unspecified atom stereocenters. The van der Waals surface area contributed by atoms with Gasteiger partial charge in [0.05, 0.1) is 22.5 Å². The molecular weight excluding hydrogens is 373 g/mol. The van der Waals surface area contributed by atoms with Crippen molar-refractivity contribution in [2.45, 2.75) is 24.3 Å². The van der Waals surface area contributed by atoms with Gasteiger partial charge in [-0.2, -0.15) is 0 Å². The van der Waals surface area contributed by atoms with Crippen molar-refractivity contribution < 1.29 is 18.3 Å². The number of hydrogen-bond acceptors (Lipinski definition) is 3. The maximum Gasteiger partial charge on any atom is 0.305 e. The van der Waals surface area contributed by atoms with Crippen LogP contribution in [0.5, 0.6) is 0 Å². The number of carbonyl (C=O) groups is 1. The van der Waals surface area contributed by atoms with Gasteiger partial charge in [0.2, 0.25) is 10.0 Å². The van der Waals surface area contributed by atoms with Gasteiger partial charge in [-0.25, -0.2) is 13.1 Å². The third-order valence-corrected chi connectivity index (χ3v) is 5.77. The highest BCUT2D eigenvalue weighted by molar-refractivity contribution is 7.89. The van der Waals surface area contributed by atoms with E-state index in [9.17, 15) is 13.2 Å². The average molecular weight is 388 g/mol. The van der Waals surface area contributed by atoms with Crippen LogP contribution in [-0.4, -0.2) is 19.5 Å². The quantitative estimate of drug-likeness (QED) is 0.789. The molecule has 2 N–H and O–H groups in total. The Balaban J connectivity index is 2.41. The van der Waals surface area contributed by atoms with Crippen LogP contribution in [-0.2, 0) is 14.8 Å². The van der Waals surface area contributed by atoms with Crippen molar-refractivity contribution in [3.8, 4) is 0 Å². The van der Waals surface area contributed by atoms with E-state index >= 15 is 0 Å². The van der Waals surface area contributed by atoms with Gasteiger partial charge in [0.25, 0.3) is 0 Å². The van der Waals surface area contributed by atoms with Crippen molar-refractivity contribution in [3.05, 3.63) is 63.6 Å². The lowest BCUT2D eigenvalue weighted by Crippen LogP contribution is -2.30. The topological polar surface area (TPSA) is 83.5 Å². The Morgan fingerprint density at radius 3 is 2.17 bits per heavy atom. The number of sulfonamides is 1. The van der Waals surface area contributed by atoms with Gasteiger partial charge in [0.15, 0.2) is 0 Å². The second-order valence-electron chi connectivity index (χ2n) is 5.23. The SMILES string of the molecule is Cc1ccc([C@@H](CC(=O)O)NS(=O)(=O)c2c(Cl)cccc2Cl)cc1. The Labute approximate surface area is 150 Å². The van der Waals surface area contributed by atoms with Gasteiger partial charge in [-0.1, -0.05) is 59.1 Å². The lowest BCUT2D eigenvalue weighted by molar-refractivity contribution is -0.137. The average Bonchev–Trinajstić information content (AvgIpc) is 2.46. The number of carboxylic acids is 1. The zero-order valence-electron chi connectivity index (χ0n) is 12.7. The van der Waals surface area contributed by atoms with Gasteiger partial charge in [0, 0.05) is 0 Å². The zero-order valence-corrected chi connectivity index (χ0v) is 15.0. The fourth-order valence-electron chi connectivity index (χ4n) is 2.19. The molecule has 0 spiro atoms. The molecule has 128 valence electrons. The van der Waals surface area contributed by atoms with Crippen LogP contribution in [0.3, 0.4) is 0 Å². The third-order valence-electron chi connectivity index (χ3n) is 3.34. The predicted molar refractivity (Wildman–Crippen MR) is 93.0 cm³/mol. The number of hydrogen-bond donors (Lipinski definition) is 2. The van der Waals surface area contributed by atoms with Crippen molar-refractivity contribution in [2.24, 2.45) is 0 Å². The smallest absolute Gasteiger partial charge is 0.305 e. The van der Waals surface area contributed by atoms with E-state index in [1.165, 1.54) is 18.2 Å². The number of rotatable bonds is 6. The van der Waals surface area contributed by atoms with Crippen LogP contribution < -0.4 is 4.72 Å². The first-order chi connectivity index (χ1) is 11.2. The zero-order chi connectivity index (χ0) is 17.9. The van der Waals surface area contributed by atoms with E-state index in [1.807, 2.05) is 6.92 Å². The van der Waals surface area contributed by atoms with E-state index in [2.05, 4.69) is 4.72 Å². The molecule has 2 rings (SSSR count). The molecule has 0 amide bonds. The lowest BCUT2D eigenvalue weighted by atomic mass is 10.0. The fraction of sp³-hybridized carbons (Fsp3) is 0.188. The minimum absolute atomic E-state index is 0.0343. The molecule has 24 heavy (non-hydrogen) atoms. The fourth-order valence-corrected chi connectivity index (χ4v) is 4.55. The summed E-state index contributed by atoms with van der Waals surface area (Å²) in [5, 5.41) is 9.02. The number of carboxylic acid groups (broad SMARTS) is 1. The molecule has 0 aromatic heterocycles. The summed E-state index contributed by atoms with van der Waals surface area (Å²) in [5.74, 6) is -1.13. The first kappa shape index (κ1) is 18.7. The Morgan fingerprint density at radius 2 is 1.67 bits per heavy atom. The molecule has 0 aliphatic heterocycles. The number of benzene rings is 2. The highest BCUT2D eigenvalue weighted by atomic mass is 35.5. The molecule has 0 aliphatic rings. The number of halogens is 2. The van der Waals surface area contributed by atoms with Crippen LogP contribution in [0.4, 0.5) is 0 Å². The van der Waals surface area contributed by atoms with Crippen LogP contribution in [0.1, 0.15) is 23.6 Å². The van der Waals surface area contributed by atoms with E-state index in [1.54, 1.807) is 24.3 Å².